The third kappa shape index (κ3) is 5.42. The van der Waals surface area contributed by atoms with E-state index in [4.69, 9.17) is 15.2 Å². The molecule has 13 nitrogen and oxygen atoms in total. The van der Waals surface area contributed by atoms with Gasteiger partial charge in [-0.1, -0.05) is 6.07 Å². The van der Waals surface area contributed by atoms with Crippen LogP contribution in [0.25, 0.3) is 28.5 Å². The van der Waals surface area contributed by atoms with Crippen molar-refractivity contribution in [1.29, 1.82) is 0 Å². The molecule has 1 saturated heterocycles. The highest BCUT2D eigenvalue weighted by Crippen LogP contribution is 2.33. The quantitative estimate of drug-likeness (QED) is 0.324. The van der Waals surface area contributed by atoms with Gasteiger partial charge in [0, 0.05) is 33.2 Å². The van der Waals surface area contributed by atoms with Crippen molar-refractivity contribution in [2.24, 2.45) is 0 Å². The Morgan fingerprint density at radius 1 is 1.02 bits per heavy atom. The second-order valence-corrected chi connectivity index (χ2v) is 9.49. The van der Waals surface area contributed by atoms with Crippen LogP contribution in [-0.2, 0) is 4.74 Å². The molecule has 4 aromatic rings. The molecule has 0 aliphatic carbocycles. The molecular weight excluding hydrogens is 524 g/mol. The van der Waals surface area contributed by atoms with E-state index in [1.54, 1.807) is 18.2 Å². The van der Waals surface area contributed by atoms with Gasteiger partial charge >= 0.3 is 0 Å². The van der Waals surface area contributed by atoms with Gasteiger partial charge in [0.05, 0.1) is 37.7 Å². The Bertz CT molecular complexity index is 1490. The predicted octanol–water partition coefficient (Wildman–Crippen LogP) is 2.03. The number of rotatable bonds is 9. The lowest BCUT2D eigenvalue weighted by Gasteiger charge is -2.27. The molecule has 0 spiro atoms. The summed E-state index contributed by atoms with van der Waals surface area (Å²) in [7, 11) is 7.28. The zero-order valence-electron chi connectivity index (χ0n) is 22.8. The zero-order chi connectivity index (χ0) is 28.4. The number of likely N-dealkylation sites (N-methyl/N-ethyl adjacent to an activating group) is 2. The van der Waals surface area contributed by atoms with Gasteiger partial charge in [0.1, 0.15) is 17.0 Å². The van der Waals surface area contributed by atoms with E-state index < -0.39 is 12.2 Å². The number of methoxy groups -OCH3 is 1. The van der Waals surface area contributed by atoms with Crippen molar-refractivity contribution in [2.45, 2.75) is 6.43 Å². The van der Waals surface area contributed by atoms with E-state index in [-0.39, 0.29) is 34.6 Å². The van der Waals surface area contributed by atoms with Gasteiger partial charge in [-0.3, -0.25) is 4.57 Å². The van der Waals surface area contributed by atoms with E-state index in [0.29, 0.717) is 50.1 Å². The minimum absolute atomic E-state index is 0.0435. The number of nitrogens with two attached hydrogens (primary N) is 1. The van der Waals surface area contributed by atoms with E-state index in [1.807, 2.05) is 35.8 Å². The van der Waals surface area contributed by atoms with E-state index in [2.05, 4.69) is 29.9 Å². The molecule has 3 aromatic heterocycles. The monoisotopic (exact) mass is 555 g/mol. The summed E-state index contributed by atoms with van der Waals surface area (Å²) in [6.07, 6.45) is -1.42. The Morgan fingerprint density at radius 3 is 2.48 bits per heavy atom. The van der Waals surface area contributed by atoms with Crippen LogP contribution >= 0.6 is 0 Å². The lowest BCUT2D eigenvalue weighted by atomic mass is 10.3. The van der Waals surface area contributed by atoms with Crippen LogP contribution in [0.3, 0.4) is 0 Å². The molecule has 1 aromatic carbocycles. The molecule has 0 bridgehead atoms. The fourth-order valence-corrected chi connectivity index (χ4v) is 4.27. The number of nitrogens with zero attached hydrogens (tertiary/aromatic N) is 10. The van der Waals surface area contributed by atoms with E-state index in [9.17, 15) is 8.78 Å². The minimum atomic E-state index is -2.91. The van der Waals surface area contributed by atoms with Gasteiger partial charge in [-0.15, -0.1) is 0 Å². The van der Waals surface area contributed by atoms with Crippen molar-refractivity contribution in [2.75, 3.05) is 83.2 Å². The Kier molecular flexibility index (Phi) is 7.84. The van der Waals surface area contributed by atoms with Crippen LogP contribution in [0.1, 0.15) is 12.2 Å². The van der Waals surface area contributed by atoms with Crippen molar-refractivity contribution >= 4 is 28.6 Å². The normalized spacial score (nSPS) is 13.9. The first kappa shape index (κ1) is 27.3. The van der Waals surface area contributed by atoms with Crippen molar-refractivity contribution in [3.8, 4) is 23.2 Å². The largest absolute Gasteiger partial charge is 0.494 e. The first-order valence-corrected chi connectivity index (χ1v) is 12.7. The molecule has 2 N–H and O–H groups in total. The van der Waals surface area contributed by atoms with E-state index >= 15 is 0 Å². The summed E-state index contributed by atoms with van der Waals surface area (Å²) in [5, 5.41) is 0. The standard InChI is InChI=1S/C25H31F2N11O2/c1-35(2)8-9-36(3)23-29-14-15(28)18(31-23)21-32-24(37-10-12-40-13-11-37)34-25(33-21)38-16-6-5-7-17(39-4)19(16)30-22(38)20(26)27/h5-7,14,20H,8-13,28H2,1-4H3. The number of para-hydroxylation sites is 1. The number of ether oxygens (including phenoxy) is 2. The summed E-state index contributed by atoms with van der Waals surface area (Å²) in [5.41, 5.74) is 7.43. The highest BCUT2D eigenvalue weighted by atomic mass is 19.3. The smallest absolute Gasteiger partial charge is 0.296 e. The first-order chi connectivity index (χ1) is 19.3. The number of hydrogen-bond acceptors (Lipinski definition) is 12. The average Bonchev–Trinajstić information content (AvgIpc) is 3.37. The highest BCUT2D eigenvalue weighted by molar-refractivity contribution is 5.84. The van der Waals surface area contributed by atoms with E-state index in [0.717, 1.165) is 6.54 Å². The summed E-state index contributed by atoms with van der Waals surface area (Å²) in [6, 6.07) is 5.01. The summed E-state index contributed by atoms with van der Waals surface area (Å²) in [6.45, 7) is 3.42. The van der Waals surface area contributed by atoms with Gasteiger partial charge in [0.2, 0.25) is 17.8 Å². The van der Waals surface area contributed by atoms with Gasteiger partial charge in [-0.2, -0.15) is 15.0 Å². The second-order valence-electron chi connectivity index (χ2n) is 9.49. The fourth-order valence-electron chi connectivity index (χ4n) is 4.27. The Balaban J connectivity index is 1.70. The van der Waals surface area contributed by atoms with E-state index in [1.165, 1.54) is 17.9 Å². The van der Waals surface area contributed by atoms with Crippen LogP contribution < -0.4 is 20.3 Å². The van der Waals surface area contributed by atoms with Crippen molar-refractivity contribution in [1.82, 2.24) is 39.4 Å². The van der Waals surface area contributed by atoms with Crippen molar-refractivity contribution in [3.63, 3.8) is 0 Å². The van der Waals surface area contributed by atoms with Gasteiger partial charge < -0.3 is 29.9 Å². The second kappa shape index (κ2) is 11.5. The number of halogens is 2. The molecule has 0 saturated carbocycles. The van der Waals surface area contributed by atoms with Crippen LogP contribution in [-0.4, -0.2) is 107 Å². The fraction of sp³-hybridized carbons (Fsp3) is 0.440. The lowest BCUT2D eigenvalue weighted by Crippen LogP contribution is -2.37. The molecule has 4 heterocycles. The van der Waals surface area contributed by atoms with Gasteiger partial charge in [0.25, 0.3) is 6.43 Å². The molecule has 5 rings (SSSR count). The number of fused-ring (bicyclic) bond motifs is 1. The molecule has 0 unspecified atom stereocenters. The third-order valence-corrected chi connectivity index (χ3v) is 6.44. The lowest BCUT2D eigenvalue weighted by molar-refractivity contribution is 0.122. The molecule has 1 aliphatic rings. The van der Waals surface area contributed by atoms with Gasteiger partial charge in [-0.25, -0.2) is 23.7 Å². The third-order valence-electron chi connectivity index (χ3n) is 6.44. The summed E-state index contributed by atoms with van der Waals surface area (Å²) < 4.78 is 40.7. The molecule has 1 aliphatic heterocycles. The minimum Gasteiger partial charge on any atom is -0.494 e. The van der Waals surface area contributed by atoms with Crippen LogP contribution in [0.2, 0.25) is 0 Å². The SMILES string of the molecule is COc1cccc2c1nc(C(F)F)n2-c1nc(-c2nc(N(C)CCN(C)C)ncc2N)nc(N2CCOCC2)n1. The Hall–Kier alpha value is -4.24. The van der Waals surface area contributed by atoms with Crippen molar-refractivity contribution in [3.05, 3.63) is 30.2 Å². The zero-order valence-corrected chi connectivity index (χ0v) is 22.8. The van der Waals surface area contributed by atoms with Crippen molar-refractivity contribution < 1.29 is 18.3 Å². The molecule has 40 heavy (non-hydrogen) atoms. The van der Waals surface area contributed by atoms with Crippen LogP contribution in [0.4, 0.5) is 26.4 Å². The van der Waals surface area contributed by atoms with Gasteiger partial charge in [0.15, 0.2) is 11.6 Å². The average molecular weight is 556 g/mol. The number of benzene rings is 1. The summed E-state index contributed by atoms with van der Waals surface area (Å²) >= 11 is 0. The topological polar surface area (TPSA) is 136 Å². The molecule has 1 fully saturated rings. The molecule has 0 amide bonds. The number of alkyl halides is 2. The molecular formula is C25H31F2N11O2. The number of nitrogen functional groups attached to an aromatic ring is 1. The number of anilines is 3. The van der Waals surface area contributed by atoms with Crippen LogP contribution in [0.15, 0.2) is 24.4 Å². The summed E-state index contributed by atoms with van der Waals surface area (Å²) in [4.78, 5) is 32.9. The molecule has 0 radical (unpaired) electrons. The number of morpholine rings is 1. The Labute approximate surface area is 229 Å². The number of hydrogen-bond donors (Lipinski definition) is 1. The highest BCUT2D eigenvalue weighted by Gasteiger charge is 2.27. The number of imidazole rings is 1. The predicted molar refractivity (Wildman–Crippen MR) is 146 cm³/mol. The molecule has 212 valence electrons. The maximum absolute atomic E-state index is 14.3. The first-order valence-electron chi connectivity index (χ1n) is 12.7. The Morgan fingerprint density at radius 2 is 1.77 bits per heavy atom. The summed E-state index contributed by atoms with van der Waals surface area (Å²) in [5.74, 6) is 0.619. The van der Waals surface area contributed by atoms with Gasteiger partial charge in [-0.05, 0) is 26.2 Å². The molecule has 15 heteroatoms. The van der Waals surface area contributed by atoms with Crippen LogP contribution in [0.5, 0.6) is 5.75 Å². The maximum Gasteiger partial charge on any atom is 0.296 e. The maximum atomic E-state index is 14.3. The van der Waals surface area contributed by atoms with Crippen LogP contribution in [0, 0.1) is 0 Å². The number of aromatic nitrogens is 7. The molecule has 0 atom stereocenters.